The molecule has 1 fully saturated rings. The number of furan rings is 1. The number of piperazine rings is 1. The fourth-order valence-corrected chi connectivity index (χ4v) is 5.14. The van der Waals surface area contributed by atoms with Crippen LogP contribution in [0, 0.1) is 6.92 Å². The van der Waals surface area contributed by atoms with E-state index in [1.165, 1.54) is 0 Å². The van der Waals surface area contributed by atoms with E-state index < -0.39 is 6.04 Å². The molecule has 0 bridgehead atoms. The number of hydrogen-bond donors (Lipinski definition) is 1. The highest BCUT2D eigenvalue weighted by Crippen LogP contribution is 2.31. The number of carbonyl (C=O) groups excluding carboxylic acids is 1. The fraction of sp³-hybridized carbons (Fsp3) is 0.233. The van der Waals surface area contributed by atoms with Gasteiger partial charge in [-0.1, -0.05) is 60.2 Å². The number of amides is 1. The summed E-state index contributed by atoms with van der Waals surface area (Å²) in [6, 6.07) is 24.3. The zero-order chi connectivity index (χ0) is 26.4. The largest absolute Gasteiger partial charge is 0.448 e. The van der Waals surface area contributed by atoms with Crippen LogP contribution in [0.1, 0.15) is 33.4 Å². The van der Waals surface area contributed by atoms with Crippen LogP contribution in [0.2, 0.25) is 0 Å². The first-order valence-electron chi connectivity index (χ1n) is 12.7. The standard InChI is InChI=1S/C30H29N5O3/c1-19-12-14-21(15-13-19)29(36)34-18-25(31)33(2)17-23(34)28-32-26-22-10-6-7-11-24(22)38-27(26)30(37)35(28)16-20-8-4-3-5-9-20/h3-15,23,25H,16-18,31H2,1-2H3. The van der Waals surface area contributed by atoms with Crippen molar-refractivity contribution >= 4 is 28.0 Å². The maximum absolute atomic E-state index is 14.0. The van der Waals surface area contributed by atoms with Crippen LogP contribution >= 0.6 is 0 Å². The van der Waals surface area contributed by atoms with Crippen molar-refractivity contribution in [2.45, 2.75) is 25.7 Å². The highest BCUT2D eigenvalue weighted by atomic mass is 16.3. The Morgan fingerprint density at radius 3 is 2.47 bits per heavy atom. The lowest BCUT2D eigenvalue weighted by atomic mass is 10.1. The molecule has 8 nitrogen and oxygen atoms in total. The molecule has 0 saturated carbocycles. The van der Waals surface area contributed by atoms with Gasteiger partial charge in [-0.15, -0.1) is 0 Å². The number of likely N-dealkylation sites (N-methyl/N-ethyl adjacent to an activating group) is 1. The van der Waals surface area contributed by atoms with Crippen LogP contribution in [0.3, 0.4) is 0 Å². The van der Waals surface area contributed by atoms with Crippen molar-refractivity contribution in [3.63, 3.8) is 0 Å². The Labute approximate surface area is 219 Å². The van der Waals surface area contributed by atoms with Gasteiger partial charge in [0.2, 0.25) is 5.58 Å². The third-order valence-electron chi connectivity index (χ3n) is 7.34. The quantitative estimate of drug-likeness (QED) is 0.396. The molecule has 6 rings (SSSR count). The van der Waals surface area contributed by atoms with E-state index in [0.29, 0.717) is 42.1 Å². The summed E-state index contributed by atoms with van der Waals surface area (Å²) in [5.41, 5.74) is 10.1. The van der Waals surface area contributed by atoms with E-state index in [1.54, 1.807) is 9.47 Å². The van der Waals surface area contributed by atoms with E-state index in [2.05, 4.69) is 0 Å². The van der Waals surface area contributed by atoms with Crippen molar-refractivity contribution in [3.8, 4) is 0 Å². The Hall–Kier alpha value is -4.27. The second-order valence-corrected chi connectivity index (χ2v) is 9.97. The predicted octanol–water partition coefficient (Wildman–Crippen LogP) is 3.91. The number of rotatable bonds is 4. The molecule has 2 aromatic heterocycles. The van der Waals surface area contributed by atoms with Gasteiger partial charge in [-0.2, -0.15) is 0 Å². The van der Waals surface area contributed by atoms with Gasteiger partial charge >= 0.3 is 0 Å². The molecule has 192 valence electrons. The molecule has 0 aliphatic carbocycles. The Bertz CT molecular complexity index is 1690. The third-order valence-corrected chi connectivity index (χ3v) is 7.34. The zero-order valence-corrected chi connectivity index (χ0v) is 21.4. The van der Waals surface area contributed by atoms with E-state index in [0.717, 1.165) is 16.5 Å². The predicted molar refractivity (Wildman–Crippen MR) is 147 cm³/mol. The van der Waals surface area contributed by atoms with Crippen molar-refractivity contribution in [1.29, 1.82) is 0 Å². The number of nitrogens with two attached hydrogens (primary N) is 1. The van der Waals surface area contributed by atoms with Gasteiger partial charge in [-0.3, -0.25) is 19.1 Å². The molecule has 1 aliphatic heterocycles. The van der Waals surface area contributed by atoms with Crippen LogP contribution < -0.4 is 11.3 Å². The summed E-state index contributed by atoms with van der Waals surface area (Å²) in [7, 11) is 1.93. The van der Waals surface area contributed by atoms with Crippen molar-refractivity contribution in [2.24, 2.45) is 5.73 Å². The Morgan fingerprint density at radius 1 is 1.00 bits per heavy atom. The van der Waals surface area contributed by atoms with Crippen molar-refractivity contribution in [3.05, 3.63) is 112 Å². The monoisotopic (exact) mass is 507 g/mol. The summed E-state index contributed by atoms with van der Waals surface area (Å²) in [6.45, 7) is 3.02. The maximum Gasteiger partial charge on any atom is 0.297 e. The molecule has 1 amide bonds. The molecule has 3 aromatic carbocycles. The van der Waals surface area contributed by atoms with Crippen molar-refractivity contribution < 1.29 is 9.21 Å². The normalized spacial score (nSPS) is 18.3. The maximum atomic E-state index is 14.0. The molecule has 38 heavy (non-hydrogen) atoms. The molecule has 2 unspecified atom stereocenters. The number of hydrogen-bond acceptors (Lipinski definition) is 6. The van der Waals surface area contributed by atoms with E-state index in [4.69, 9.17) is 15.1 Å². The Kier molecular flexibility index (Phi) is 6.06. The molecule has 3 heterocycles. The van der Waals surface area contributed by atoms with Crippen LogP contribution in [0.25, 0.3) is 22.1 Å². The summed E-state index contributed by atoms with van der Waals surface area (Å²) in [5, 5.41) is 0.769. The van der Waals surface area contributed by atoms with Gasteiger partial charge in [0, 0.05) is 17.5 Å². The highest BCUT2D eigenvalue weighted by Gasteiger charge is 2.38. The van der Waals surface area contributed by atoms with Gasteiger partial charge in [0.25, 0.3) is 11.5 Å². The first-order chi connectivity index (χ1) is 18.4. The van der Waals surface area contributed by atoms with Gasteiger partial charge in [-0.25, -0.2) is 4.98 Å². The summed E-state index contributed by atoms with van der Waals surface area (Å²) >= 11 is 0. The molecule has 1 aliphatic rings. The van der Waals surface area contributed by atoms with Gasteiger partial charge in [0.1, 0.15) is 23.0 Å². The molecule has 2 atom stereocenters. The second-order valence-electron chi connectivity index (χ2n) is 9.97. The van der Waals surface area contributed by atoms with Gasteiger partial charge in [0.05, 0.1) is 19.3 Å². The van der Waals surface area contributed by atoms with Crippen LogP contribution in [0.15, 0.2) is 88.1 Å². The summed E-state index contributed by atoms with van der Waals surface area (Å²) < 4.78 is 7.63. The molecule has 0 radical (unpaired) electrons. The average Bonchev–Trinajstić information content (AvgIpc) is 3.31. The smallest absolute Gasteiger partial charge is 0.297 e. The minimum Gasteiger partial charge on any atom is -0.448 e. The first kappa shape index (κ1) is 24.1. The average molecular weight is 508 g/mol. The Balaban J connectivity index is 1.56. The summed E-state index contributed by atoms with van der Waals surface area (Å²) in [5.74, 6) is 0.369. The number of aryl methyl sites for hydroxylation is 1. The third kappa shape index (κ3) is 4.17. The topological polar surface area (TPSA) is 97.6 Å². The van der Waals surface area contributed by atoms with E-state index in [-0.39, 0.29) is 23.2 Å². The second kappa shape index (κ2) is 9.55. The lowest BCUT2D eigenvalue weighted by Gasteiger charge is -2.43. The van der Waals surface area contributed by atoms with E-state index in [9.17, 15) is 9.59 Å². The van der Waals surface area contributed by atoms with E-state index >= 15 is 0 Å². The van der Waals surface area contributed by atoms with Crippen LogP contribution in [0.4, 0.5) is 0 Å². The van der Waals surface area contributed by atoms with Crippen LogP contribution in [-0.2, 0) is 6.54 Å². The van der Waals surface area contributed by atoms with Gasteiger partial charge in [0.15, 0.2) is 0 Å². The van der Waals surface area contributed by atoms with Crippen molar-refractivity contribution in [1.82, 2.24) is 19.4 Å². The van der Waals surface area contributed by atoms with Crippen LogP contribution in [-0.4, -0.2) is 51.6 Å². The number of fused-ring (bicyclic) bond motifs is 3. The van der Waals surface area contributed by atoms with Crippen LogP contribution in [0.5, 0.6) is 0 Å². The SMILES string of the molecule is Cc1ccc(C(=O)N2CC(N)N(C)CC2c2nc3c(oc4ccccc43)c(=O)n2Cc2ccccc2)cc1. The summed E-state index contributed by atoms with van der Waals surface area (Å²) in [4.78, 5) is 36.6. The molecular weight excluding hydrogens is 478 g/mol. The molecule has 1 saturated heterocycles. The molecule has 0 spiro atoms. The zero-order valence-electron chi connectivity index (χ0n) is 21.4. The minimum atomic E-state index is -0.497. The lowest BCUT2D eigenvalue weighted by Crippen LogP contribution is -2.59. The minimum absolute atomic E-state index is 0.142. The van der Waals surface area contributed by atoms with E-state index in [1.807, 2.05) is 97.7 Å². The van der Waals surface area contributed by atoms with Gasteiger partial charge in [-0.05, 0) is 43.8 Å². The summed E-state index contributed by atoms with van der Waals surface area (Å²) in [6.07, 6.45) is -0.339. The molecule has 5 aromatic rings. The molecule has 8 heteroatoms. The Morgan fingerprint density at radius 2 is 1.71 bits per heavy atom. The number of nitrogens with zero attached hydrogens (tertiary/aromatic N) is 4. The molecular formula is C30H29N5O3. The highest BCUT2D eigenvalue weighted by molar-refractivity contribution is 6.02. The first-order valence-corrected chi connectivity index (χ1v) is 12.7. The number of para-hydroxylation sites is 1. The number of aromatic nitrogens is 2. The lowest BCUT2D eigenvalue weighted by molar-refractivity contribution is 0.0297. The number of benzene rings is 3. The molecule has 2 N–H and O–H groups in total. The number of carbonyl (C=O) groups is 1. The van der Waals surface area contributed by atoms with Gasteiger partial charge < -0.3 is 15.1 Å². The van der Waals surface area contributed by atoms with Crippen molar-refractivity contribution in [2.75, 3.05) is 20.1 Å². The fourth-order valence-electron chi connectivity index (χ4n) is 5.14.